The smallest absolute Gasteiger partial charge is 0.391 e. The van der Waals surface area contributed by atoms with Crippen LogP contribution in [0.1, 0.15) is 23.6 Å². The van der Waals surface area contributed by atoms with Gasteiger partial charge in [0.2, 0.25) is 0 Å². The van der Waals surface area contributed by atoms with Crippen LogP contribution in [0.25, 0.3) is 0 Å². The fourth-order valence-corrected chi connectivity index (χ4v) is 2.12. The molecule has 2 aromatic carbocycles. The van der Waals surface area contributed by atoms with Crippen LogP contribution >= 0.6 is 0 Å². The zero-order valence-corrected chi connectivity index (χ0v) is 11.5. The lowest BCUT2D eigenvalue weighted by Gasteiger charge is -2.22. The molecule has 0 saturated heterocycles. The molecule has 0 aromatic heterocycles. The Morgan fingerprint density at radius 1 is 1.10 bits per heavy atom. The van der Waals surface area contributed by atoms with Crippen molar-refractivity contribution < 1.29 is 18.3 Å². The number of aromatic hydroxyl groups is 1. The van der Waals surface area contributed by atoms with E-state index in [1.54, 1.807) is 49.4 Å². The summed E-state index contributed by atoms with van der Waals surface area (Å²) in [5.74, 6) is 0.118. The van der Waals surface area contributed by atoms with Crippen LogP contribution in [-0.4, -0.2) is 11.3 Å². The second-order valence-corrected chi connectivity index (χ2v) is 4.93. The summed E-state index contributed by atoms with van der Waals surface area (Å²) >= 11 is 0. The van der Waals surface area contributed by atoms with E-state index in [0.29, 0.717) is 16.8 Å². The van der Waals surface area contributed by atoms with E-state index in [1.165, 1.54) is 6.07 Å². The van der Waals surface area contributed by atoms with Crippen molar-refractivity contribution in [3.63, 3.8) is 0 Å². The molecule has 2 aromatic rings. The minimum Gasteiger partial charge on any atom is -0.508 e. The molecule has 0 fully saturated rings. The van der Waals surface area contributed by atoms with Gasteiger partial charge in [-0.3, -0.25) is 0 Å². The van der Waals surface area contributed by atoms with Gasteiger partial charge in [0.1, 0.15) is 5.75 Å². The zero-order chi connectivity index (χ0) is 15.5. The van der Waals surface area contributed by atoms with Crippen molar-refractivity contribution in [2.24, 2.45) is 0 Å². The Hall–Kier alpha value is -2.17. The molecule has 0 aliphatic rings. The lowest BCUT2D eigenvalue weighted by Crippen LogP contribution is -2.20. The number of phenolic OH excluding ortho intramolecular Hbond substituents is 1. The number of hydrogen-bond acceptors (Lipinski definition) is 2. The molecule has 0 saturated carbocycles. The highest BCUT2D eigenvalue weighted by molar-refractivity contribution is 5.51. The van der Waals surface area contributed by atoms with Gasteiger partial charge in [0.15, 0.2) is 0 Å². The summed E-state index contributed by atoms with van der Waals surface area (Å²) in [5, 5.41) is 12.4. The molecule has 1 atom stereocenters. The molecule has 2 rings (SSSR count). The number of aryl methyl sites for hydroxylation is 1. The third-order valence-corrected chi connectivity index (χ3v) is 3.18. The fourth-order valence-electron chi connectivity index (χ4n) is 2.12. The second-order valence-electron chi connectivity index (χ2n) is 4.93. The van der Waals surface area contributed by atoms with Gasteiger partial charge in [-0.15, -0.1) is 0 Å². The van der Waals surface area contributed by atoms with E-state index in [9.17, 15) is 18.3 Å². The minimum atomic E-state index is -4.26. The number of phenols is 1. The predicted octanol–water partition coefficient (Wildman–Crippen LogP) is 4.81. The average molecular weight is 295 g/mol. The van der Waals surface area contributed by atoms with Crippen molar-refractivity contribution in [3.8, 4) is 5.75 Å². The first-order valence-corrected chi connectivity index (χ1v) is 6.53. The Bertz CT molecular complexity index is 596. The molecular formula is C16H16F3NO. The first-order valence-electron chi connectivity index (χ1n) is 6.53. The quantitative estimate of drug-likeness (QED) is 0.794. The molecule has 5 heteroatoms. The third kappa shape index (κ3) is 4.41. The van der Waals surface area contributed by atoms with Crippen LogP contribution in [0.4, 0.5) is 18.9 Å². The Labute approximate surface area is 121 Å². The first-order chi connectivity index (χ1) is 9.85. The van der Waals surface area contributed by atoms with Crippen LogP contribution in [0.5, 0.6) is 5.75 Å². The van der Waals surface area contributed by atoms with Gasteiger partial charge in [0, 0.05) is 5.69 Å². The van der Waals surface area contributed by atoms with Crippen molar-refractivity contribution in [1.29, 1.82) is 0 Å². The van der Waals surface area contributed by atoms with Gasteiger partial charge in [-0.25, -0.2) is 0 Å². The zero-order valence-electron chi connectivity index (χ0n) is 11.5. The molecule has 2 nitrogen and oxygen atoms in total. The summed E-state index contributed by atoms with van der Waals surface area (Å²) in [7, 11) is 0. The molecule has 0 heterocycles. The fraction of sp³-hybridized carbons (Fsp3) is 0.250. The Morgan fingerprint density at radius 2 is 1.76 bits per heavy atom. The van der Waals surface area contributed by atoms with Gasteiger partial charge in [-0.2, -0.15) is 13.2 Å². The van der Waals surface area contributed by atoms with Crippen LogP contribution in [0.2, 0.25) is 0 Å². The lowest BCUT2D eigenvalue weighted by atomic mass is 10.0. The maximum Gasteiger partial charge on any atom is 0.391 e. The number of halogens is 3. The lowest BCUT2D eigenvalue weighted by molar-refractivity contribution is -0.137. The molecule has 0 bridgehead atoms. The van der Waals surface area contributed by atoms with Crippen LogP contribution < -0.4 is 5.32 Å². The molecule has 21 heavy (non-hydrogen) atoms. The van der Waals surface area contributed by atoms with Gasteiger partial charge >= 0.3 is 6.18 Å². The van der Waals surface area contributed by atoms with E-state index in [0.717, 1.165) is 0 Å². The van der Waals surface area contributed by atoms with Crippen molar-refractivity contribution in [1.82, 2.24) is 0 Å². The van der Waals surface area contributed by atoms with E-state index in [-0.39, 0.29) is 5.75 Å². The summed E-state index contributed by atoms with van der Waals surface area (Å²) in [6.07, 6.45) is -5.23. The Morgan fingerprint density at radius 3 is 2.33 bits per heavy atom. The summed E-state index contributed by atoms with van der Waals surface area (Å²) in [6.45, 7) is 1.70. The number of benzene rings is 2. The predicted molar refractivity (Wildman–Crippen MR) is 76.3 cm³/mol. The summed E-state index contributed by atoms with van der Waals surface area (Å²) in [6, 6.07) is 12.3. The number of alkyl halides is 3. The molecule has 0 aliphatic carbocycles. The van der Waals surface area contributed by atoms with Crippen molar-refractivity contribution in [2.45, 2.75) is 25.6 Å². The van der Waals surface area contributed by atoms with Crippen LogP contribution in [0, 0.1) is 6.92 Å². The molecule has 0 amide bonds. The maximum absolute atomic E-state index is 12.8. The standard InChI is InChI=1S/C16H16F3NO/c1-11-9-13(7-8-15(11)21)20-14(10-16(17,18)19)12-5-3-2-4-6-12/h2-9,14,20-21H,10H2,1H3. The van der Waals surface area contributed by atoms with Crippen LogP contribution in [0.3, 0.4) is 0 Å². The molecular weight excluding hydrogens is 279 g/mol. The Kier molecular flexibility index (Phi) is 4.40. The summed E-state index contributed by atoms with van der Waals surface area (Å²) < 4.78 is 38.3. The van der Waals surface area contributed by atoms with Gasteiger partial charge < -0.3 is 10.4 Å². The SMILES string of the molecule is Cc1cc(NC(CC(F)(F)F)c2ccccc2)ccc1O. The highest BCUT2D eigenvalue weighted by Gasteiger charge is 2.32. The van der Waals surface area contributed by atoms with Gasteiger partial charge in [-0.05, 0) is 36.2 Å². The highest BCUT2D eigenvalue weighted by Crippen LogP contribution is 2.33. The Balaban J connectivity index is 2.25. The van der Waals surface area contributed by atoms with E-state index < -0.39 is 18.6 Å². The second kappa shape index (κ2) is 6.08. The van der Waals surface area contributed by atoms with Gasteiger partial charge in [0.05, 0.1) is 12.5 Å². The highest BCUT2D eigenvalue weighted by atomic mass is 19.4. The van der Waals surface area contributed by atoms with E-state index in [1.807, 2.05) is 0 Å². The van der Waals surface area contributed by atoms with E-state index in [2.05, 4.69) is 5.32 Å². The van der Waals surface area contributed by atoms with E-state index >= 15 is 0 Å². The van der Waals surface area contributed by atoms with Gasteiger partial charge in [-0.1, -0.05) is 30.3 Å². The maximum atomic E-state index is 12.8. The van der Waals surface area contributed by atoms with Crippen molar-refractivity contribution in [2.75, 3.05) is 5.32 Å². The average Bonchev–Trinajstić information content (AvgIpc) is 2.42. The molecule has 0 radical (unpaired) electrons. The van der Waals surface area contributed by atoms with Crippen LogP contribution in [0.15, 0.2) is 48.5 Å². The third-order valence-electron chi connectivity index (χ3n) is 3.18. The molecule has 2 N–H and O–H groups in total. The molecule has 0 spiro atoms. The summed E-state index contributed by atoms with van der Waals surface area (Å²) in [5.41, 5.74) is 1.72. The number of rotatable bonds is 4. The van der Waals surface area contributed by atoms with Crippen molar-refractivity contribution >= 4 is 5.69 Å². The normalized spacial score (nSPS) is 13.0. The van der Waals surface area contributed by atoms with Gasteiger partial charge in [0.25, 0.3) is 0 Å². The topological polar surface area (TPSA) is 32.3 Å². The minimum absolute atomic E-state index is 0.118. The van der Waals surface area contributed by atoms with Crippen molar-refractivity contribution in [3.05, 3.63) is 59.7 Å². The molecule has 112 valence electrons. The van der Waals surface area contributed by atoms with Crippen LogP contribution in [-0.2, 0) is 0 Å². The summed E-state index contributed by atoms with van der Waals surface area (Å²) in [4.78, 5) is 0. The molecule has 0 aliphatic heterocycles. The molecule has 1 unspecified atom stereocenters. The number of hydrogen-bond donors (Lipinski definition) is 2. The monoisotopic (exact) mass is 295 g/mol. The first kappa shape index (κ1) is 15.2. The van der Waals surface area contributed by atoms with E-state index in [4.69, 9.17) is 0 Å². The number of nitrogens with one attached hydrogen (secondary N) is 1. The number of anilines is 1. The largest absolute Gasteiger partial charge is 0.508 e.